The number of rotatable bonds is 0. The molecule has 0 saturated carbocycles. The number of alkyl carbamates (subject to hydrolysis) is 1. The van der Waals surface area contributed by atoms with Crippen LogP contribution < -0.4 is 21.9 Å². The summed E-state index contributed by atoms with van der Waals surface area (Å²) in [4.78, 5) is 96.9. The van der Waals surface area contributed by atoms with E-state index in [1.165, 1.54) is 39.4 Å². The lowest BCUT2D eigenvalue weighted by atomic mass is 9.87. The zero-order chi connectivity index (χ0) is 92.2. The van der Waals surface area contributed by atoms with E-state index < -0.39 is 54.3 Å². The van der Waals surface area contributed by atoms with Crippen molar-refractivity contribution in [1.82, 2.24) is 45.0 Å². The van der Waals surface area contributed by atoms with Crippen LogP contribution in [0.25, 0.3) is 0 Å². The summed E-state index contributed by atoms with van der Waals surface area (Å²) in [6.07, 6.45) is 1.93. The number of nitrogens with zero attached hydrogens (tertiary/aromatic N) is 12. The molecule has 6 aromatic rings. The van der Waals surface area contributed by atoms with E-state index in [9.17, 15) is 55.3 Å². The molecule has 0 aliphatic carbocycles. The zero-order valence-corrected chi connectivity index (χ0v) is 75.7. The molecule has 8 N–H and O–H groups in total. The number of amides is 2. The number of amidine groups is 1. The van der Waals surface area contributed by atoms with Crippen molar-refractivity contribution in [1.29, 1.82) is 0 Å². The average molecular weight is 1680 g/mol. The molecule has 31 nitrogen and oxygen atoms in total. The lowest BCUT2D eigenvalue weighted by Crippen LogP contribution is -2.34. The molecule has 1 aromatic carbocycles. The molecule has 2 amide bonds. The van der Waals surface area contributed by atoms with Gasteiger partial charge in [0.25, 0.3) is 17.0 Å². The van der Waals surface area contributed by atoms with Gasteiger partial charge in [0.05, 0.1) is 59.6 Å². The van der Waals surface area contributed by atoms with Gasteiger partial charge in [-0.1, -0.05) is 218 Å². The second-order valence-corrected chi connectivity index (χ2v) is 41.1. The van der Waals surface area contributed by atoms with Crippen molar-refractivity contribution in [2.45, 2.75) is 285 Å². The molecular weight excluding hydrogens is 1550 g/mol. The first-order valence-corrected chi connectivity index (χ1v) is 38.8. The van der Waals surface area contributed by atoms with Gasteiger partial charge in [-0.25, -0.2) is 28.3 Å². The van der Waals surface area contributed by atoms with Crippen LogP contribution in [0.2, 0.25) is 0 Å². The maximum absolute atomic E-state index is 12.9. The number of H-pyrrole nitrogens is 2. The Balaban J connectivity index is 0.00000127. The monoisotopic (exact) mass is 1680 g/mol. The van der Waals surface area contributed by atoms with Crippen molar-refractivity contribution in [3.63, 3.8) is 0 Å². The third-order valence-corrected chi connectivity index (χ3v) is 17.9. The van der Waals surface area contributed by atoms with Crippen molar-refractivity contribution in [2.75, 3.05) is 13.1 Å². The van der Waals surface area contributed by atoms with E-state index in [4.69, 9.17) is 38.9 Å². The molecule has 1 atom stereocenters. The third kappa shape index (κ3) is 38.6. The minimum absolute atomic E-state index is 0.0302. The summed E-state index contributed by atoms with van der Waals surface area (Å²) in [5, 5.41) is 55.6. The molecule has 10 rings (SSSR count). The van der Waals surface area contributed by atoms with Crippen LogP contribution in [-0.4, -0.2) is 136 Å². The molecule has 0 spiro atoms. The number of aliphatic imine (C=N–C) groups is 2. The molecule has 0 bridgehead atoms. The number of aromatic hydroxyl groups is 2. The first-order valence-electron chi connectivity index (χ1n) is 37.2. The number of aryl methyl sites for hydroxylation is 2. The zero-order valence-electron chi connectivity index (χ0n) is 74.8. The van der Waals surface area contributed by atoms with E-state index in [1.54, 1.807) is 27.8 Å². The molecule has 4 aliphatic rings. The second-order valence-electron chi connectivity index (χ2n) is 38.7. The van der Waals surface area contributed by atoms with Crippen LogP contribution in [0.3, 0.4) is 0 Å². The van der Waals surface area contributed by atoms with Gasteiger partial charge < -0.3 is 43.7 Å². The number of hydrogen-bond acceptors (Lipinski definition) is 23. The summed E-state index contributed by atoms with van der Waals surface area (Å²) < 4.78 is 91.4. The standard InChI is InChI=1S/C10H12F2O.C9H12O3.C8H11F3N2.C8H14N2O.C7H13N3.C7H12N2O.C7H11NO3.2C7H11NO2.C6H11N3.C4H11O3P/c1-10(2,3)6-4-7(11)9(13)8(12)5-6;1-9(2,3)6-4-12-5-7(10)8(6)11;1-7(2,3)5-4-12-6(13-5)8(9,10)11;1-8(2,3)6-5-7(11)9-10(6)4;1-7(2,3)6-5-8-9-10(6)4;1-7(2,3)6-4-8-5-9(6)10;1-7(2,3)4-5(9)8-6(10)11-4;1-7(2,3)5-4-6(9)8-10-5;1-7(2,3)5-4-6(9)10-8-5;1-6(2,3)5-4-7-9-8-5;1-4(2,3)8(5,6)7/h4-5,13H,1-3H3;4-5,10H,1-3H3;4H2,1-3H3;5H,1-4H3,(H,9,11);5H,1-4H3;4-5,10H,1-3H3;4H,1-3H3,(H,8,9,10);4H,1-3H3,(H,8,9);4H2,1-3H3;4H2,1-3H3;1-3H3,(H2,5,6,7). The van der Waals surface area contributed by atoms with Gasteiger partial charge in [0, 0.05) is 86.5 Å². The lowest BCUT2D eigenvalue weighted by Gasteiger charge is -2.21. The SMILES string of the molecule is CC(C)(C)C1=NC(C(F)(F)F)=NC1.CC(C)(C)C1=NN=NC1.CC(C)(C)C1=NOC(=O)C1.CC(C)(C)C1OC(=O)NC1=O.CC(C)(C)P(=O)(O)O.CC(C)(C)c1cc(=O)[nH]o1.CC(C)(C)c1cc(F)c(O)c(F)c1.CC(C)(C)c1cncn1O.CC(C)(C)c1cocc(O)c1=O.Cn1[nH]c(=O)cc1C(C)(C)C.Cn1nncc1C(C)(C)C. The highest BCUT2D eigenvalue weighted by atomic mass is 31.2. The fourth-order valence-corrected chi connectivity index (χ4v) is 8.72. The molecule has 1 saturated heterocycles. The largest absolute Gasteiger partial charge is 0.503 e. The van der Waals surface area contributed by atoms with Gasteiger partial charge in [-0.2, -0.15) is 28.2 Å². The Morgan fingerprint density at radius 2 is 1.08 bits per heavy atom. The smallest absolute Gasteiger partial charge is 0.451 e. The Kier molecular flexibility index (Phi) is 38.3. The quantitative estimate of drug-likeness (QED) is 0.0303. The topological polar surface area (TPSA) is 437 Å². The first-order chi connectivity index (χ1) is 52.2. The van der Waals surface area contributed by atoms with Crippen molar-refractivity contribution in [3.05, 3.63) is 132 Å². The molecule has 37 heteroatoms. The van der Waals surface area contributed by atoms with Crippen molar-refractivity contribution < 1.29 is 84.6 Å². The number of aromatic amines is 2. The van der Waals surface area contributed by atoms with Crippen LogP contribution >= 0.6 is 7.60 Å². The maximum Gasteiger partial charge on any atom is 0.451 e. The second kappa shape index (κ2) is 41.7. The van der Waals surface area contributed by atoms with E-state index in [-0.39, 0.29) is 94.9 Å². The Morgan fingerprint density at radius 1 is 0.581 bits per heavy atom. The number of alkyl halides is 3. The van der Waals surface area contributed by atoms with Crippen molar-refractivity contribution in [2.24, 2.45) is 66.3 Å². The van der Waals surface area contributed by atoms with Gasteiger partial charge in [-0.3, -0.25) is 48.5 Å². The molecule has 4 aliphatic heterocycles. The van der Waals surface area contributed by atoms with E-state index in [0.717, 1.165) is 51.6 Å². The van der Waals surface area contributed by atoms with E-state index in [1.807, 2.05) is 159 Å². The summed E-state index contributed by atoms with van der Waals surface area (Å²) in [6.45, 7) is 64.5. The predicted molar refractivity (Wildman–Crippen MR) is 442 cm³/mol. The number of imide groups is 1. The number of carbonyl (C=O) groups is 3. The van der Waals surface area contributed by atoms with Gasteiger partial charge in [-0.15, -0.1) is 10.2 Å². The number of cyclic esters (lactones) is 1. The third-order valence-electron chi connectivity index (χ3n) is 16.2. The summed E-state index contributed by atoms with van der Waals surface area (Å²) in [5.41, 5.74) is 4.76. The van der Waals surface area contributed by atoms with Crippen LogP contribution in [0.5, 0.6) is 11.5 Å². The minimum atomic E-state index is -4.41. The van der Waals surface area contributed by atoms with Gasteiger partial charge in [-0.05, 0) is 54.5 Å². The first kappa shape index (κ1) is 107. The number of oxime groups is 1. The highest BCUT2D eigenvalue weighted by Crippen LogP contribution is 2.49. The average Bonchev–Trinajstić information content (AvgIpc) is 1.79. The number of hydrogen-bond donors (Lipinski definition) is 8. The number of carbonyl (C=O) groups excluding carboxylic acids is 3. The fourth-order valence-electron chi connectivity index (χ4n) is 8.72. The van der Waals surface area contributed by atoms with Crippen LogP contribution in [0, 0.1) is 33.3 Å². The fraction of sp³-hybridized carbons (Fsp3) is 0.637. The van der Waals surface area contributed by atoms with Crippen LogP contribution in [0.15, 0.2) is 109 Å². The number of phenols is 1. The molecule has 117 heavy (non-hydrogen) atoms. The van der Waals surface area contributed by atoms with Gasteiger partial charge in [0.15, 0.2) is 29.2 Å². The maximum atomic E-state index is 12.9. The van der Waals surface area contributed by atoms with E-state index in [2.05, 4.69) is 129 Å². The number of imidazole rings is 1. The molecule has 9 heterocycles. The minimum Gasteiger partial charge on any atom is -0.503 e. The number of phenolic OH excluding ortho intramolecular Hbond substituents is 1. The molecular formula is C80H129F5N15O16P. The van der Waals surface area contributed by atoms with Crippen molar-refractivity contribution >= 4 is 48.5 Å². The molecule has 5 aromatic heterocycles. The lowest BCUT2D eigenvalue weighted by molar-refractivity contribution is -0.140. The Labute approximate surface area is 683 Å². The summed E-state index contributed by atoms with van der Waals surface area (Å²) in [6, 6.07) is 5.41. The highest BCUT2D eigenvalue weighted by Gasteiger charge is 2.42. The van der Waals surface area contributed by atoms with Gasteiger partial charge in [0.1, 0.15) is 24.9 Å². The molecule has 1 fully saturated rings. The number of aromatic nitrogens is 8. The van der Waals surface area contributed by atoms with E-state index in [0.29, 0.717) is 35.6 Å². The normalized spacial score (nSPS) is 15.1. The summed E-state index contributed by atoms with van der Waals surface area (Å²) >= 11 is 0. The number of ether oxygens (including phenoxy) is 1. The Hall–Kier alpha value is -9.57. The Bertz CT molecular complexity index is 4550. The Morgan fingerprint density at radius 3 is 1.30 bits per heavy atom. The summed E-state index contributed by atoms with van der Waals surface area (Å²) in [5.74, 6) is -3.97. The summed E-state index contributed by atoms with van der Waals surface area (Å²) in [7, 11) is -0.0900. The number of benzene rings is 1. The molecule has 0 radical (unpaired) electrons. The molecule has 660 valence electrons. The van der Waals surface area contributed by atoms with E-state index >= 15 is 0 Å². The highest BCUT2D eigenvalue weighted by molar-refractivity contribution is 7.53. The van der Waals surface area contributed by atoms with Crippen LogP contribution in [0.4, 0.5) is 26.7 Å². The van der Waals surface area contributed by atoms with Crippen LogP contribution in [-0.2, 0) is 70.3 Å². The van der Waals surface area contributed by atoms with Crippen molar-refractivity contribution in [3.8, 4) is 11.5 Å². The number of halogens is 5. The van der Waals surface area contributed by atoms with Gasteiger partial charge >= 0.3 is 25.8 Å². The van der Waals surface area contributed by atoms with Crippen LogP contribution in [0.1, 0.15) is 269 Å². The predicted octanol–water partition coefficient (Wildman–Crippen LogP) is 16.7. The van der Waals surface area contributed by atoms with Gasteiger partial charge in [0.2, 0.25) is 11.3 Å². The number of nitrogens with one attached hydrogen (secondary N) is 3. The molecule has 1 unspecified atom stereocenters.